The molecule has 112 valence electrons. The van der Waals surface area contributed by atoms with Crippen molar-refractivity contribution in [2.45, 2.75) is 57.0 Å². The Labute approximate surface area is 127 Å². The number of aliphatic carboxylic acids is 1. The van der Waals surface area contributed by atoms with Crippen LogP contribution in [-0.4, -0.2) is 34.0 Å². The summed E-state index contributed by atoms with van der Waals surface area (Å²) in [6.45, 7) is 0. The number of rotatable bonds is 2. The predicted molar refractivity (Wildman–Crippen MR) is 79.7 cm³/mol. The summed E-state index contributed by atoms with van der Waals surface area (Å²) < 4.78 is 0. The summed E-state index contributed by atoms with van der Waals surface area (Å²) in [7, 11) is 0. The van der Waals surface area contributed by atoms with Gasteiger partial charge in [-0.25, -0.2) is 0 Å². The first-order valence-corrected chi connectivity index (χ1v) is 8.69. The Balaban J connectivity index is 1.64. The Bertz CT molecular complexity index is 609. The molecule has 3 unspecified atom stereocenters. The predicted octanol–water partition coefficient (Wildman–Crippen LogP) is 2.70. The molecule has 5 heteroatoms. The molecule has 1 aliphatic carbocycles. The topological polar surface area (TPSA) is 57.6 Å². The van der Waals surface area contributed by atoms with Gasteiger partial charge in [0.15, 0.2) is 0 Å². The summed E-state index contributed by atoms with van der Waals surface area (Å²) in [4.78, 5) is 27.6. The number of aryl methyl sites for hydroxylation is 1. The quantitative estimate of drug-likeness (QED) is 0.914. The molecule has 2 aliphatic heterocycles. The average Bonchev–Trinajstić information content (AvgIpc) is 3.18. The van der Waals surface area contributed by atoms with Gasteiger partial charge < -0.3 is 10.0 Å². The van der Waals surface area contributed by atoms with Crippen LogP contribution in [0.3, 0.4) is 0 Å². The number of hydrogen-bond acceptors (Lipinski definition) is 3. The summed E-state index contributed by atoms with van der Waals surface area (Å²) >= 11 is 1.71. The van der Waals surface area contributed by atoms with Crippen LogP contribution in [0.4, 0.5) is 0 Å². The van der Waals surface area contributed by atoms with Gasteiger partial charge in [0.05, 0.1) is 11.5 Å². The second kappa shape index (κ2) is 4.83. The average molecular weight is 305 g/mol. The molecule has 2 bridgehead atoms. The highest BCUT2D eigenvalue weighted by Crippen LogP contribution is 2.43. The maximum atomic E-state index is 12.9. The molecule has 0 saturated carbocycles. The van der Waals surface area contributed by atoms with Crippen LogP contribution in [-0.2, 0) is 17.6 Å². The number of carbonyl (C=O) groups is 2. The zero-order valence-electron chi connectivity index (χ0n) is 11.9. The van der Waals surface area contributed by atoms with E-state index in [1.165, 1.54) is 16.9 Å². The number of thiophene rings is 1. The zero-order chi connectivity index (χ0) is 14.6. The second-order valence-corrected chi connectivity index (χ2v) is 7.41. The van der Waals surface area contributed by atoms with Crippen LogP contribution in [0.5, 0.6) is 0 Å². The largest absolute Gasteiger partial charge is 0.481 e. The molecular formula is C16H19NO3S. The molecule has 3 heterocycles. The van der Waals surface area contributed by atoms with Gasteiger partial charge in [-0.2, -0.15) is 0 Å². The third-order valence-corrected chi connectivity index (χ3v) is 6.47. The van der Waals surface area contributed by atoms with Crippen LogP contribution < -0.4 is 0 Å². The molecule has 4 nitrogen and oxygen atoms in total. The van der Waals surface area contributed by atoms with Crippen molar-refractivity contribution in [1.29, 1.82) is 0 Å². The number of carboxylic acids is 1. The van der Waals surface area contributed by atoms with Crippen molar-refractivity contribution in [2.75, 3.05) is 0 Å². The van der Waals surface area contributed by atoms with E-state index in [1.54, 1.807) is 11.3 Å². The maximum Gasteiger partial charge on any atom is 0.308 e. The Hall–Kier alpha value is -1.36. The molecule has 4 rings (SSSR count). The normalized spacial score (nSPS) is 30.5. The number of carboxylic acid groups (broad SMARTS) is 1. The highest BCUT2D eigenvalue weighted by Gasteiger charge is 2.51. The van der Waals surface area contributed by atoms with Crippen molar-refractivity contribution in [3.63, 3.8) is 0 Å². The lowest BCUT2D eigenvalue weighted by Gasteiger charge is -2.24. The van der Waals surface area contributed by atoms with Crippen LogP contribution in [0.25, 0.3) is 0 Å². The smallest absolute Gasteiger partial charge is 0.308 e. The molecule has 1 aromatic heterocycles. The molecular weight excluding hydrogens is 286 g/mol. The lowest BCUT2D eigenvalue weighted by Crippen LogP contribution is -2.38. The van der Waals surface area contributed by atoms with E-state index in [4.69, 9.17) is 0 Å². The fraction of sp³-hybridized carbons (Fsp3) is 0.625. The van der Waals surface area contributed by atoms with E-state index in [9.17, 15) is 14.7 Å². The molecule has 1 aromatic rings. The highest BCUT2D eigenvalue weighted by atomic mass is 32.1. The van der Waals surface area contributed by atoms with Gasteiger partial charge in [0.2, 0.25) is 0 Å². The van der Waals surface area contributed by atoms with Crippen molar-refractivity contribution in [3.8, 4) is 0 Å². The SMILES string of the molecule is O=C(O)C1CC2CCC1N2C(=O)c1csc2c1CCCC2. The molecule has 1 amide bonds. The second-order valence-electron chi connectivity index (χ2n) is 6.45. The number of carbonyl (C=O) groups excluding carboxylic acids is 1. The molecule has 3 aliphatic rings. The van der Waals surface area contributed by atoms with Crippen molar-refractivity contribution in [3.05, 3.63) is 21.4 Å². The summed E-state index contributed by atoms with van der Waals surface area (Å²) in [5.74, 6) is -1.01. The molecule has 0 aromatic carbocycles. The zero-order valence-corrected chi connectivity index (χ0v) is 12.7. The monoisotopic (exact) mass is 305 g/mol. The minimum atomic E-state index is -0.743. The maximum absolute atomic E-state index is 12.9. The van der Waals surface area contributed by atoms with Gasteiger partial charge in [-0.3, -0.25) is 9.59 Å². The standard InChI is InChI=1S/C16H19NO3S/c18-15(12-8-21-14-4-2-1-3-10(12)14)17-9-5-6-13(17)11(7-9)16(19)20/h8-9,11,13H,1-7H2,(H,19,20). The number of fused-ring (bicyclic) bond motifs is 3. The summed E-state index contributed by atoms with van der Waals surface area (Å²) in [5.41, 5.74) is 2.10. The number of amides is 1. The fourth-order valence-corrected chi connectivity index (χ4v) is 5.50. The highest BCUT2D eigenvalue weighted by molar-refractivity contribution is 7.10. The van der Waals surface area contributed by atoms with E-state index in [2.05, 4.69) is 0 Å². The number of nitrogens with zero attached hydrogens (tertiary/aromatic N) is 1. The molecule has 0 radical (unpaired) electrons. The van der Waals surface area contributed by atoms with Gasteiger partial charge in [0.25, 0.3) is 5.91 Å². The lowest BCUT2D eigenvalue weighted by atomic mass is 9.89. The van der Waals surface area contributed by atoms with Crippen LogP contribution >= 0.6 is 11.3 Å². The Morgan fingerprint density at radius 2 is 2.05 bits per heavy atom. The van der Waals surface area contributed by atoms with Crippen LogP contribution in [0.15, 0.2) is 5.38 Å². The number of hydrogen-bond donors (Lipinski definition) is 1. The summed E-state index contributed by atoms with van der Waals surface area (Å²) in [6.07, 6.45) is 6.93. The van der Waals surface area contributed by atoms with Crippen LogP contribution in [0, 0.1) is 5.92 Å². The molecule has 21 heavy (non-hydrogen) atoms. The van der Waals surface area contributed by atoms with E-state index in [-0.39, 0.29) is 23.9 Å². The first kappa shape index (κ1) is 13.3. The van der Waals surface area contributed by atoms with Gasteiger partial charge in [-0.1, -0.05) is 0 Å². The molecule has 1 N–H and O–H groups in total. The Morgan fingerprint density at radius 1 is 1.24 bits per heavy atom. The van der Waals surface area contributed by atoms with Crippen molar-refractivity contribution < 1.29 is 14.7 Å². The first-order valence-electron chi connectivity index (χ1n) is 7.81. The van der Waals surface area contributed by atoms with Crippen LogP contribution in [0.2, 0.25) is 0 Å². The summed E-state index contributed by atoms with van der Waals surface area (Å²) in [6, 6.07) is 0.0573. The van der Waals surface area contributed by atoms with E-state index >= 15 is 0 Å². The van der Waals surface area contributed by atoms with Crippen molar-refractivity contribution >= 4 is 23.2 Å². The van der Waals surface area contributed by atoms with E-state index < -0.39 is 5.97 Å². The van der Waals surface area contributed by atoms with Gasteiger partial charge in [-0.15, -0.1) is 11.3 Å². The first-order chi connectivity index (χ1) is 10.2. The minimum Gasteiger partial charge on any atom is -0.481 e. The van der Waals surface area contributed by atoms with Gasteiger partial charge in [0, 0.05) is 22.3 Å². The van der Waals surface area contributed by atoms with E-state index in [0.717, 1.165) is 37.7 Å². The lowest BCUT2D eigenvalue weighted by molar-refractivity contribution is -0.142. The van der Waals surface area contributed by atoms with Crippen molar-refractivity contribution in [1.82, 2.24) is 4.90 Å². The van der Waals surface area contributed by atoms with E-state index in [1.807, 2.05) is 10.3 Å². The van der Waals surface area contributed by atoms with Gasteiger partial charge in [-0.05, 0) is 50.5 Å². The Morgan fingerprint density at radius 3 is 2.81 bits per heavy atom. The Kier molecular flexibility index (Phi) is 3.06. The molecule has 2 saturated heterocycles. The minimum absolute atomic E-state index is 0.0841. The van der Waals surface area contributed by atoms with Gasteiger partial charge in [0.1, 0.15) is 0 Å². The fourth-order valence-electron chi connectivity index (χ4n) is 4.38. The summed E-state index contributed by atoms with van der Waals surface area (Å²) in [5, 5.41) is 11.3. The van der Waals surface area contributed by atoms with Gasteiger partial charge >= 0.3 is 5.97 Å². The third-order valence-electron chi connectivity index (χ3n) is 5.38. The molecule has 3 atom stereocenters. The molecule has 0 spiro atoms. The van der Waals surface area contributed by atoms with E-state index in [0.29, 0.717) is 6.42 Å². The van der Waals surface area contributed by atoms with Crippen molar-refractivity contribution in [2.24, 2.45) is 5.92 Å². The molecule has 2 fully saturated rings. The van der Waals surface area contributed by atoms with Crippen LogP contribution in [0.1, 0.15) is 52.9 Å². The third kappa shape index (κ3) is 1.94.